The molecule has 3 fully saturated rings. The molecule has 8 nitrogen and oxygen atoms in total. The lowest BCUT2D eigenvalue weighted by Gasteiger charge is -2.29. The summed E-state index contributed by atoms with van der Waals surface area (Å²) in [5, 5.41) is 4.51. The van der Waals surface area contributed by atoms with E-state index < -0.39 is 6.04 Å². The zero-order valence-corrected chi connectivity index (χ0v) is 11.5. The molecule has 3 saturated heterocycles. The van der Waals surface area contributed by atoms with Gasteiger partial charge in [0.25, 0.3) is 5.91 Å². The number of piperidine rings is 1. The predicted octanol–water partition coefficient (Wildman–Crippen LogP) is -0.774. The predicted molar refractivity (Wildman–Crippen MR) is 68.3 cm³/mol. The van der Waals surface area contributed by atoms with Crippen LogP contribution >= 0.6 is 0 Å². The molecule has 0 spiro atoms. The summed E-state index contributed by atoms with van der Waals surface area (Å²) in [6.45, 7) is 2.18. The van der Waals surface area contributed by atoms with Crippen LogP contribution in [0.5, 0.6) is 0 Å². The van der Waals surface area contributed by atoms with Gasteiger partial charge in [-0.05, 0) is 25.8 Å². The van der Waals surface area contributed by atoms with E-state index in [0.717, 1.165) is 25.9 Å². The van der Waals surface area contributed by atoms with Gasteiger partial charge >= 0.3 is 6.03 Å². The summed E-state index contributed by atoms with van der Waals surface area (Å²) in [6, 6.07) is -0.651. The Labute approximate surface area is 117 Å². The molecule has 3 heterocycles. The van der Waals surface area contributed by atoms with Crippen molar-refractivity contribution in [1.29, 1.82) is 0 Å². The topological polar surface area (TPSA) is 83.1 Å². The summed E-state index contributed by atoms with van der Waals surface area (Å²) in [5.74, 6) is -0.248. The van der Waals surface area contributed by atoms with Crippen LogP contribution in [0, 0.1) is 0 Å². The van der Waals surface area contributed by atoms with E-state index in [0.29, 0.717) is 13.0 Å². The number of urea groups is 1. The number of carbonyl (C=O) groups excluding carboxylic acids is 2. The summed E-state index contributed by atoms with van der Waals surface area (Å²) < 4.78 is 0. The maximum absolute atomic E-state index is 12.2. The molecule has 8 heteroatoms. The fourth-order valence-corrected chi connectivity index (χ4v) is 3.08. The van der Waals surface area contributed by atoms with Crippen molar-refractivity contribution < 1.29 is 19.3 Å². The third-order valence-electron chi connectivity index (χ3n) is 4.16. The number of hydrogen-bond acceptors (Lipinski definition) is 5. The molecule has 20 heavy (non-hydrogen) atoms. The van der Waals surface area contributed by atoms with Gasteiger partial charge in [0, 0.05) is 13.1 Å². The molecule has 0 aromatic rings. The molecule has 0 aliphatic carbocycles. The number of fused-ring (bicyclic) bond motifs is 2. The van der Waals surface area contributed by atoms with E-state index >= 15 is 0 Å². The molecule has 0 aromatic heterocycles. The van der Waals surface area contributed by atoms with E-state index in [2.05, 4.69) is 10.8 Å². The Morgan fingerprint density at radius 1 is 1.40 bits per heavy atom. The fraction of sp³-hybridized carbons (Fsp3) is 0.833. The highest BCUT2D eigenvalue weighted by Gasteiger charge is 2.47. The van der Waals surface area contributed by atoms with Crippen LogP contribution in [-0.4, -0.2) is 66.8 Å². The van der Waals surface area contributed by atoms with Gasteiger partial charge in [0.15, 0.2) is 0 Å². The van der Waals surface area contributed by atoms with Crippen molar-refractivity contribution in [2.45, 2.75) is 37.5 Å². The zero-order valence-electron chi connectivity index (χ0n) is 11.5. The number of hydrogen-bond donors (Lipinski definition) is 2. The van der Waals surface area contributed by atoms with Crippen LogP contribution in [0.2, 0.25) is 0 Å². The number of amides is 3. The Bertz CT molecular complexity index is 399. The highest BCUT2D eigenvalue weighted by Crippen LogP contribution is 2.29. The average Bonchev–Trinajstić information content (AvgIpc) is 3.05. The zero-order chi connectivity index (χ0) is 14.1. The van der Waals surface area contributed by atoms with Crippen LogP contribution < -0.4 is 10.8 Å². The molecular weight excluding hydrogens is 264 g/mol. The molecule has 0 unspecified atom stereocenters. The van der Waals surface area contributed by atoms with E-state index in [4.69, 9.17) is 9.68 Å². The second kappa shape index (κ2) is 5.55. The molecule has 2 bridgehead atoms. The van der Waals surface area contributed by atoms with Crippen molar-refractivity contribution in [2.75, 3.05) is 26.7 Å². The highest BCUT2D eigenvalue weighted by molar-refractivity contribution is 5.87. The van der Waals surface area contributed by atoms with Gasteiger partial charge < -0.3 is 10.2 Å². The first kappa shape index (κ1) is 13.6. The Morgan fingerprint density at radius 2 is 2.25 bits per heavy atom. The minimum Gasteiger partial charge on any atom is -0.314 e. The summed E-state index contributed by atoms with van der Waals surface area (Å²) in [5.41, 5.74) is 2.50. The highest BCUT2D eigenvalue weighted by atomic mass is 16.7. The monoisotopic (exact) mass is 284 g/mol. The maximum Gasteiger partial charge on any atom is 0.345 e. The molecule has 3 rings (SSSR count). The lowest BCUT2D eigenvalue weighted by molar-refractivity contribution is -0.142. The van der Waals surface area contributed by atoms with E-state index in [9.17, 15) is 9.59 Å². The summed E-state index contributed by atoms with van der Waals surface area (Å²) in [7, 11) is 1.48. The summed E-state index contributed by atoms with van der Waals surface area (Å²) in [4.78, 5) is 36.3. The lowest BCUT2D eigenvalue weighted by atomic mass is 10.0. The number of hydroxylamine groups is 3. The van der Waals surface area contributed by atoms with Gasteiger partial charge in [0.05, 0.1) is 19.3 Å². The van der Waals surface area contributed by atoms with E-state index in [1.807, 2.05) is 0 Å². The number of carbonyl (C=O) groups is 2. The quantitative estimate of drug-likeness (QED) is 0.662. The average molecular weight is 284 g/mol. The van der Waals surface area contributed by atoms with Gasteiger partial charge in [0.1, 0.15) is 6.04 Å². The largest absolute Gasteiger partial charge is 0.345 e. The molecule has 2 N–H and O–H groups in total. The van der Waals surface area contributed by atoms with Crippen molar-refractivity contribution in [3.63, 3.8) is 0 Å². The Morgan fingerprint density at radius 3 is 2.95 bits per heavy atom. The van der Waals surface area contributed by atoms with Crippen LogP contribution in [0.1, 0.15) is 19.3 Å². The summed E-state index contributed by atoms with van der Waals surface area (Å²) in [6.07, 6.45) is 2.29. The first-order valence-corrected chi connectivity index (χ1v) is 7.01. The Hall–Kier alpha value is -1.38. The van der Waals surface area contributed by atoms with E-state index in [1.165, 1.54) is 12.2 Å². The van der Waals surface area contributed by atoms with Crippen LogP contribution in [0.3, 0.4) is 0 Å². The standard InChI is InChI=1S/C12H20N4O4/c1-19-16-8-2-3-10(15(7-8)12(16)18)11(17)14-20-9-4-5-13-6-9/h8-10,13H,2-7H2,1H3,(H,14,17)/t8-,9-,10+/m1/s1. The first-order valence-electron chi connectivity index (χ1n) is 7.01. The maximum atomic E-state index is 12.2. The van der Waals surface area contributed by atoms with Gasteiger partial charge in [-0.3, -0.25) is 14.5 Å². The van der Waals surface area contributed by atoms with Crippen molar-refractivity contribution in [3.05, 3.63) is 0 Å². The third-order valence-corrected chi connectivity index (χ3v) is 4.16. The van der Waals surface area contributed by atoms with Gasteiger partial charge in [0.2, 0.25) is 0 Å². The molecule has 0 radical (unpaired) electrons. The van der Waals surface area contributed by atoms with Crippen molar-refractivity contribution in [3.8, 4) is 0 Å². The number of rotatable bonds is 4. The van der Waals surface area contributed by atoms with Crippen molar-refractivity contribution in [1.82, 2.24) is 20.8 Å². The number of nitrogens with zero attached hydrogens (tertiary/aromatic N) is 2. The molecule has 112 valence electrons. The fourth-order valence-electron chi connectivity index (χ4n) is 3.08. The van der Waals surface area contributed by atoms with Gasteiger partial charge in [-0.15, -0.1) is 0 Å². The molecule has 3 atom stereocenters. The molecule has 3 aliphatic rings. The minimum absolute atomic E-state index is 0.0139. The molecule has 0 aromatic carbocycles. The minimum atomic E-state index is -0.465. The Kier molecular flexibility index (Phi) is 3.77. The molecule has 3 amide bonds. The molecular formula is C12H20N4O4. The van der Waals surface area contributed by atoms with Gasteiger partial charge in [-0.25, -0.2) is 10.3 Å². The first-order chi connectivity index (χ1) is 9.70. The van der Waals surface area contributed by atoms with Crippen LogP contribution in [-0.2, 0) is 14.5 Å². The third kappa shape index (κ3) is 2.34. The van der Waals surface area contributed by atoms with Crippen LogP contribution in [0.25, 0.3) is 0 Å². The van der Waals surface area contributed by atoms with Crippen molar-refractivity contribution in [2.24, 2.45) is 0 Å². The molecule has 0 saturated carbocycles. The van der Waals surface area contributed by atoms with Crippen molar-refractivity contribution >= 4 is 11.9 Å². The van der Waals surface area contributed by atoms with E-state index in [-0.39, 0.29) is 24.1 Å². The summed E-state index contributed by atoms with van der Waals surface area (Å²) >= 11 is 0. The van der Waals surface area contributed by atoms with Gasteiger partial charge in [-0.1, -0.05) is 0 Å². The lowest BCUT2D eigenvalue weighted by Crippen LogP contribution is -2.50. The molecule has 3 aliphatic heterocycles. The second-order valence-electron chi connectivity index (χ2n) is 5.39. The van der Waals surface area contributed by atoms with E-state index in [1.54, 1.807) is 4.90 Å². The van der Waals surface area contributed by atoms with Gasteiger partial charge in [-0.2, -0.15) is 5.06 Å². The second-order valence-corrected chi connectivity index (χ2v) is 5.39. The Balaban J connectivity index is 1.57. The normalized spacial score (nSPS) is 32.9. The van der Waals surface area contributed by atoms with Crippen LogP contribution in [0.15, 0.2) is 0 Å². The smallest absolute Gasteiger partial charge is 0.314 e. The van der Waals surface area contributed by atoms with Crippen LogP contribution in [0.4, 0.5) is 4.79 Å². The SMILES string of the molecule is CON1C(=O)N2C[C@H]1CC[C@H]2C(=O)NO[C@@H]1CCNC1. The number of nitrogens with one attached hydrogen (secondary N) is 2.